The molecule has 1 aliphatic heterocycles. The van der Waals surface area contributed by atoms with Crippen LogP contribution in [0.5, 0.6) is 5.75 Å². The number of hydrogen-bond acceptors (Lipinski definition) is 9. The second-order valence-corrected chi connectivity index (χ2v) is 7.09. The summed E-state index contributed by atoms with van der Waals surface area (Å²) in [5.41, 5.74) is 4.62. The molecule has 1 saturated heterocycles. The van der Waals surface area contributed by atoms with Crippen LogP contribution in [-0.4, -0.2) is 54.6 Å². The molecular formula is C21H22ClN7O2. The highest BCUT2D eigenvalue weighted by Crippen LogP contribution is 2.21. The van der Waals surface area contributed by atoms with Gasteiger partial charge >= 0.3 is 0 Å². The minimum absolute atomic E-state index is 0.331. The van der Waals surface area contributed by atoms with Gasteiger partial charge in [-0.1, -0.05) is 23.7 Å². The molecule has 10 heteroatoms. The number of anilines is 4. The monoisotopic (exact) mass is 439 g/mol. The Labute approximate surface area is 185 Å². The first-order valence-electron chi connectivity index (χ1n) is 9.74. The van der Waals surface area contributed by atoms with E-state index in [9.17, 15) is 0 Å². The molecule has 0 atom stereocenters. The Morgan fingerprint density at radius 2 is 1.71 bits per heavy atom. The van der Waals surface area contributed by atoms with Gasteiger partial charge in [-0.3, -0.25) is 0 Å². The van der Waals surface area contributed by atoms with Crippen LogP contribution < -0.4 is 20.4 Å². The smallest absolute Gasteiger partial charge is 0.250 e. The Morgan fingerprint density at radius 3 is 2.42 bits per heavy atom. The normalized spacial score (nSPS) is 13.9. The highest BCUT2D eigenvalue weighted by Gasteiger charge is 2.16. The van der Waals surface area contributed by atoms with Crippen LogP contribution in [0.2, 0.25) is 5.02 Å². The van der Waals surface area contributed by atoms with Gasteiger partial charge in [0.2, 0.25) is 17.8 Å². The zero-order chi connectivity index (χ0) is 21.5. The van der Waals surface area contributed by atoms with Gasteiger partial charge in [0.05, 0.1) is 26.5 Å². The summed E-state index contributed by atoms with van der Waals surface area (Å²) in [6.07, 6.45) is 1.67. The number of hydrazone groups is 1. The van der Waals surface area contributed by atoms with E-state index in [1.54, 1.807) is 25.5 Å². The molecule has 1 aromatic heterocycles. The van der Waals surface area contributed by atoms with E-state index in [-0.39, 0.29) is 0 Å². The predicted molar refractivity (Wildman–Crippen MR) is 122 cm³/mol. The zero-order valence-corrected chi connectivity index (χ0v) is 17.7. The molecule has 0 radical (unpaired) electrons. The van der Waals surface area contributed by atoms with Crippen molar-refractivity contribution in [3.8, 4) is 5.75 Å². The Balaban J connectivity index is 1.55. The van der Waals surface area contributed by atoms with Crippen LogP contribution in [0.15, 0.2) is 53.6 Å². The number of rotatable bonds is 7. The summed E-state index contributed by atoms with van der Waals surface area (Å²) < 4.78 is 10.6. The lowest BCUT2D eigenvalue weighted by atomic mass is 10.2. The lowest BCUT2D eigenvalue weighted by molar-refractivity contribution is 0.122. The largest absolute Gasteiger partial charge is 0.497 e. The Hall–Kier alpha value is -3.43. The number of methoxy groups -OCH3 is 1. The van der Waals surface area contributed by atoms with Gasteiger partial charge in [0.1, 0.15) is 5.75 Å². The molecule has 9 nitrogen and oxygen atoms in total. The fourth-order valence-electron chi connectivity index (χ4n) is 2.89. The number of hydrogen-bond donors (Lipinski definition) is 2. The van der Waals surface area contributed by atoms with Gasteiger partial charge in [0.15, 0.2) is 0 Å². The van der Waals surface area contributed by atoms with Crippen LogP contribution in [0.4, 0.5) is 23.5 Å². The number of morpholine rings is 1. The third kappa shape index (κ3) is 5.80. The van der Waals surface area contributed by atoms with Gasteiger partial charge in [-0.25, -0.2) is 5.43 Å². The Morgan fingerprint density at radius 1 is 1.00 bits per heavy atom. The van der Waals surface area contributed by atoms with E-state index < -0.39 is 0 Å². The third-order valence-corrected chi connectivity index (χ3v) is 4.76. The minimum atomic E-state index is 0.331. The van der Waals surface area contributed by atoms with Crippen molar-refractivity contribution in [2.45, 2.75) is 0 Å². The molecular weight excluding hydrogens is 418 g/mol. The van der Waals surface area contributed by atoms with E-state index in [0.29, 0.717) is 49.2 Å². The van der Waals surface area contributed by atoms with Crippen molar-refractivity contribution < 1.29 is 9.47 Å². The molecule has 2 aromatic carbocycles. The fraction of sp³-hybridized carbons (Fsp3) is 0.238. The van der Waals surface area contributed by atoms with Gasteiger partial charge in [-0.2, -0.15) is 20.1 Å². The molecule has 0 saturated carbocycles. The average Bonchev–Trinajstić information content (AvgIpc) is 2.81. The molecule has 1 fully saturated rings. The summed E-state index contributed by atoms with van der Waals surface area (Å²) >= 11 is 5.92. The first kappa shape index (κ1) is 20.8. The van der Waals surface area contributed by atoms with Crippen LogP contribution in [0.3, 0.4) is 0 Å². The van der Waals surface area contributed by atoms with Gasteiger partial charge in [0.25, 0.3) is 0 Å². The molecule has 0 amide bonds. The van der Waals surface area contributed by atoms with Crippen LogP contribution in [-0.2, 0) is 4.74 Å². The van der Waals surface area contributed by atoms with Crippen LogP contribution in [0.25, 0.3) is 0 Å². The maximum Gasteiger partial charge on any atom is 0.250 e. The van der Waals surface area contributed by atoms with Crippen molar-refractivity contribution >= 4 is 41.3 Å². The molecule has 3 aromatic rings. The van der Waals surface area contributed by atoms with Crippen LogP contribution in [0.1, 0.15) is 5.56 Å². The number of halogens is 1. The van der Waals surface area contributed by atoms with E-state index in [2.05, 4.69) is 35.7 Å². The lowest BCUT2D eigenvalue weighted by Crippen LogP contribution is -2.37. The van der Waals surface area contributed by atoms with E-state index in [0.717, 1.165) is 17.0 Å². The van der Waals surface area contributed by atoms with Crippen molar-refractivity contribution in [2.24, 2.45) is 5.10 Å². The number of ether oxygens (including phenoxy) is 2. The highest BCUT2D eigenvalue weighted by atomic mass is 35.5. The number of nitrogens with one attached hydrogen (secondary N) is 2. The molecule has 2 heterocycles. The van der Waals surface area contributed by atoms with Crippen molar-refractivity contribution in [2.75, 3.05) is 49.1 Å². The molecule has 1 aliphatic rings. The lowest BCUT2D eigenvalue weighted by Gasteiger charge is -2.27. The Kier molecular flexibility index (Phi) is 6.75. The van der Waals surface area contributed by atoms with E-state index in [4.69, 9.17) is 21.1 Å². The zero-order valence-electron chi connectivity index (χ0n) is 17.0. The standard InChI is InChI=1S/C21H22ClN7O2/c1-30-18-8-6-17(7-9-18)24-19-25-20(27-21(26-19)29-10-12-31-13-11-29)28-23-14-15-2-4-16(22)5-3-15/h2-9,14H,10-13H2,1H3,(H2,24,25,26,27,28)/b23-14-. The van der Waals surface area contributed by atoms with Crippen LogP contribution in [0, 0.1) is 0 Å². The quantitative estimate of drug-likeness (QED) is 0.426. The summed E-state index contributed by atoms with van der Waals surface area (Å²) in [5.74, 6) is 2.07. The van der Waals surface area contributed by atoms with Gasteiger partial charge in [-0.15, -0.1) is 0 Å². The summed E-state index contributed by atoms with van der Waals surface area (Å²) in [4.78, 5) is 15.6. The number of aromatic nitrogens is 3. The maximum atomic E-state index is 5.92. The average molecular weight is 440 g/mol. The molecule has 0 bridgehead atoms. The predicted octanol–water partition coefficient (Wildman–Crippen LogP) is 3.56. The molecule has 31 heavy (non-hydrogen) atoms. The van der Waals surface area contributed by atoms with Gasteiger partial charge in [0, 0.05) is 23.8 Å². The van der Waals surface area contributed by atoms with Crippen molar-refractivity contribution in [3.63, 3.8) is 0 Å². The van der Waals surface area contributed by atoms with Crippen molar-refractivity contribution in [1.29, 1.82) is 0 Å². The highest BCUT2D eigenvalue weighted by molar-refractivity contribution is 6.30. The summed E-state index contributed by atoms with van der Waals surface area (Å²) in [5, 5.41) is 8.12. The van der Waals surface area contributed by atoms with E-state index in [1.807, 2.05) is 36.4 Å². The third-order valence-electron chi connectivity index (χ3n) is 4.51. The second-order valence-electron chi connectivity index (χ2n) is 6.66. The Bertz CT molecular complexity index is 1020. The van der Waals surface area contributed by atoms with E-state index >= 15 is 0 Å². The summed E-state index contributed by atoms with van der Waals surface area (Å²) in [6, 6.07) is 14.9. The first-order chi connectivity index (χ1) is 15.2. The second kappa shape index (κ2) is 10.1. The molecule has 2 N–H and O–H groups in total. The molecule has 0 unspecified atom stereocenters. The van der Waals surface area contributed by atoms with Crippen LogP contribution >= 0.6 is 11.6 Å². The molecule has 160 valence electrons. The SMILES string of the molecule is COc1ccc(Nc2nc(N/N=C\c3ccc(Cl)cc3)nc(N3CCOCC3)n2)cc1. The fourth-order valence-corrected chi connectivity index (χ4v) is 3.02. The summed E-state index contributed by atoms with van der Waals surface area (Å²) in [6.45, 7) is 2.67. The van der Waals surface area contributed by atoms with Gasteiger partial charge in [-0.05, 0) is 42.0 Å². The minimum Gasteiger partial charge on any atom is -0.497 e. The van der Waals surface area contributed by atoms with Gasteiger partial charge < -0.3 is 19.7 Å². The van der Waals surface area contributed by atoms with Crippen molar-refractivity contribution in [1.82, 2.24) is 15.0 Å². The number of nitrogens with zero attached hydrogens (tertiary/aromatic N) is 5. The maximum absolute atomic E-state index is 5.92. The topological polar surface area (TPSA) is 96.8 Å². The first-order valence-corrected chi connectivity index (χ1v) is 10.1. The molecule has 0 aliphatic carbocycles. The number of benzene rings is 2. The molecule has 4 rings (SSSR count). The van der Waals surface area contributed by atoms with E-state index in [1.165, 1.54) is 0 Å². The van der Waals surface area contributed by atoms with Crippen molar-refractivity contribution in [3.05, 3.63) is 59.1 Å². The summed E-state index contributed by atoms with van der Waals surface area (Å²) in [7, 11) is 1.63. The molecule has 0 spiro atoms.